The number of terminal acetylenes is 1. The molecule has 176 valence electrons. The third kappa shape index (κ3) is 5.52. The summed E-state index contributed by atoms with van der Waals surface area (Å²) in [5.41, 5.74) is 8.31. The van der Waals surface area contributed by atoms with Crippen molar-refractivity contribution in [3.8, 4) is 29.4 Å². The molecule has 0 saturated carbocycles. The van der Waals surface area contributed by atoms with E-state index in [0.717, 1.165) is 17.8 Å². The molecule has 34 heavy (non-hydrogen) atoms. The summed E-state index contributed by atoms with van der Waals surface area (Å²) in [6.45, 7) is 9.16. The topological polar surface area (TPSA) is 59.0 Å². The van der Waals surface area contributed by atoms with Crippen LogP contribution in [-0.4, -0.2) is 31.3 Å². The van der Waals surface area contributed by atoms with Crippen molar-refractivity contribution in [3.63, 3.8) is 0 Å². The quantitative estimate of drug-likeness (QED) is 0.470. The van der Waals surface area contributed by atoms with E-state index in [1.807, 2.05) is 25.2 Å². The Morgan fingerprint density at radius 1 is 1.06 bits per heavy atom. The van der Waals surface area contributed by atoms with Crippen LogP contribution in [0.2, 0.25) is 0 Å². The second-order valence-corrected chi connectivity index (χ2v) is 9.02. The number of aryl methyl sites for hydroxylation is 2. The third-order valence-electron chi connectivity index (χ3n) is 5.89. The summed E-state index contributed by atoms with van der Waals surface area (Å²) >= 11 is 0. The van der Waals surface area contributed by atoms with Gasteiger partial charge in [-0.2, -0.15) is 0 Å². The Bertz CT molecular complexity index is 1210. The van der Waals surface area contributed by atoms with E-state index in [9.17, 15) is 4.79 Å². The number of hydrogen-bond acceptors (Lipinski definition) is 4. The second-order valence-electron chi connectivity index (χ2n) is 9.02. The number of carboxylic acid groups (broad SMARTS) is 1. The van der Waals surface area contributed by atoms with E-state index in [2.05, 4.69) is 85.4 Å². The molecule has 0 amide bonds. The molecule has 1 aliphatic rings. The minimum absolute atomic E-state index is 0.0163. The molecule has 5 heteroatoms. The lowest BCUT2D eigenvalue weighted by Gasteiger charge is -2.23. The number of carbonyl (C=O) groups is 1. The lowest BCUT2D eigenvalue weighted by Crippen LogP contribution is -2.25. The molecule has 0 fully saturated rings. The van der Waals surface area contributed by atoms with Crippen LogP contribution in [0, 0.1) is 26.4 Å². The van der Waals surface area contributed by atoms with Crippen LogP contribution < -0.4 is 9.64 Å². The molecule has 0 aromatic heterocycles. The molecule has 5 nitrogen and oxygen atoms in total. The first-order valence-electron chi connectivity index (χ1n) is 11.1. The summed E-state index contributed by atoms with van der Waals surface area (Å²) in [4.78, 5) is 13.1. The van der Waals surface area contributed by atoms with E-state index in [0.29, 0.717) is 5.75 Å². The Morgan fingerprint density at radius 3 is 2.29 bits per heavy atom. The van der Waals surface area contributed by atoms with Crippen molar-refractivity contribution in [3.05, 3.63) is 77.4 Å². The van der Waals surface area contributed by atoms with Crippen LogP contribution >= 0.6 is 0 Å². The average Bonchev–Trinajstić information content (AvgIpc) is 3.09. The number of methoxy groups -OCH3 is 1. The number of nitrogens with zero attached hydrogens (tertiary/aromatic N) is 1. The molecule has 0 spiro atoms. The summed E-state index contributed by atoms with van der Waals surface area (Å²) in [5, 5.41) is 8.84. The predicted octanol–water partition coefficient (Wildman–Crippen LogP) is 6.09. The molecule has 0 aliphatic carbocycles. The van der Waals surface area contributed by atoms with E-state index in [1.54, 1.807) is 0 Å². The first-order chi connectivity index (χ1) is 16.2. The molecule has 1 aliphatic heterocycles. The number of hydrogen-bond donors (Lipinski definition) is 1. The van der Waals surface area contributed by atoms with Crippen LogP contribution in [0.25, 0.3) is 11.1 Å². The average molecular weight is 458 g/mol. The Labute approximate surface area is 202 Å². The standard InChI is InChI=1S/C26H27NO3.C3H4O/c1-17-5-7-19(8-6-17)20-9-11-23-22(14-20)26(3,4)16-27(23)21-10-12-24(18(2)13-21)30-15-25(28)29;1-3-4-2/h5-14H,15-16H2,1-4H3,(H,28,29);1H,2H3. The van der Waals surface area contributed by atoms with Gasteiger partial charge in [0, 0.05) is 23.3 Å². The minimum atomic E-state index is -0.974. The molecule has 0 saturated heterocycles. The Hall–Kier alpha value is -3.91. The molecule has 1 heterocycles. The molecular weight excluding hydrogens is 426 g/mol. The first-order valence-corrected chi connectivity index (χ1v) is 11.1. The molecule has 1 N–H and O–H groups in total. The Balaban J connectivity index is 0.000000751. The highest BCUT2D eigenvalue weighted by Gasteiger charge is 2.36. The fourth-order valence-electron chi connectivity index (χ4n) is 4.14. The maximum absolute atomic E-state index is 10.8. The normalized spacial score (nSPS) is 13.2. The van der Waals surface area contributed by atoms with E-state index in [-0.39, 0.29) is 12.0 Å². The van der Waals surface area contributed by atoms with Crippen LogP contribution in [-0.2, 0) is 14.9 Å². The van der Waals surface area contributed by atoms with Gasteiger partial charge in [-0.15, -0.1) is 0 Å². The smallest absolute Gasteiger partial charge is 0.341 e. The van der Waals surface area contributed by atoms with Gasteiger partial charge >= 0.3 is 5.97 Å². The first kappa shape index (κ1) is 24.7. The SMILES string of the molecule is C#COC.Cc1ccc(-c2ccc3c(c2)C(C)(C)CN3c2ccc(OCC(=O)O)c(C)c2)cc1. The number of benzene rings is 3. The van der Waals surface area contributed by atoms with Gasteiger partial charge in [-0.1, -0.05) is 56.2 Å². The number of fused-ring (bicyclic) bond motifs is 1. The molecule has 0 bridgehead atoms. The van der Waals surface area contributed by atoms with Gasteiger partial charge in [0.15, 0.2) is 6.61 Å². The fraction of sp³-hybridized carbons (Fsp3) is 0.276. The number of ether oxygens (including phenoxy) is 2. The van der Waals surface area contributed by atoms with Gasteiger partial charge in [-0.05, 0) is 66.4 Å². The fourth-order valence-corrected chi connectivity index (χ4v) is 4.14. The zero-order valence-electron chi connectivity index (χ0n) is 20.4. The molecular formula is C29H31NO4. The largest absolute Gasteiger partial charge is 0.482 e. The lowest BCUT2D eigenvalue weighted by atomic mass is 9.85. The maximum Gasteiger partial charge on any atom is 0.341 e. The number of aliphatic carboxylic acids is 1. The predicted molar refractivity (Wildman–Crippen MR) is 137 cm³/mol. The van der Waals surface area contributed by atoms with Crippen LogP contribution in [0.1, 0.15) is 30.5 Å². The maximum atomic E-state index is 10.8. The van der Waals surface area contributed by atoms with Crippen molar-refractivity contribution in [2.45, 2.75) is 33.1 Å². The van der Waals surface area contributed by atoms with Crippen molar-refractivity contribution in [2.24, 2.45) is 0 Å². The van der Waals surface area contributed by atoms with Crippen LogP contribution in [0.3, 0.4) is 0 Å². The summed E-state index contributed by atoms with van der Waals surface area (Å²) in [6, 6.07) is 21.3. The highest BCUT2D eigenvalue weighted by atomic mass is 16.5. The molecule has 4 rings (SSSR count). The molecule has 0 atom stereocenters. The van der Waals surface area contributed by atoms with E-state index in [1.165, 1.54) is 35.1 Å². The number of anilines is 2. The second kappa shape index (κ2) is 10.4. The van der Waals surface area contributed by atoms with E-state index < -0.39 is 5.97 Å². The van der Waals surface area contributed by atoms with Gasteiger partial charge in [0.25, 0.3) is 0 Å². The highest BCUT2D eigenvalue weighted by molar-refractivity contribution is 5.78. The van der Waals surface area contributed by atoms with Crippen LogP contribution in [0.5, 0.6) is 5.75 Å². The van der Waals surface area contributed by atoms with Gasteiger partial charge in [-0.3, -0.25) is 0 Å². The number of rotatable bonds is 5. The summed E-state index contributed by atoms with van der Waals surface area (Å²) < 4.78 is 9.45. The number of carboxylic acids is 1. The van der Waals surface area contributed by atoms with Crippen molar-refractivity contribution >= 4 is 17.3 Å². The molecule has 0 unspecified atom stereocenters. The highest BCUT2D eigenvalue weighted by Crippen LogP contribution is 2.46. The summed E-state index contributed by atoms with van der Waals surface area (Å²) in [7, 11) is 1.44. The minimum Gasteiger partial charge on any atom is -0.482 e. The van der Waals surface area contributed by atoms with E-state index >= 15 is 0 Å². The summed E-state index contributed by atoms with van der Waals surface area (Å²) in [5.74, 6) is -0.368. The lowest BCUT2D eigenvalue weighted by molar-refractivity contribution is -0.139. The third-order valence-corrected chi connectivity index (χ3v) is 5.89. The van der Waals surface area contributed by atoms with Gasteiger partial charge in [0.2, 0.25) is 0 Å². The van der Waals surface area contributed by atoms with Gasteiger partial charge in [0.1, 0.15) is 11.9 Å². The van der Waals surface area contributed by atoms with Gasteiger partial charge < -0.3 is 19.5 Å². The summed E-state index contributed by atoms with van der Waals surface area (Å²) in [6.07, 6.45) is 6.49. The zero-order valence-corrected chi connectivity index (χ0v) is 20.4. The van der Waals surface area contributed by atoms with Crippen LogP contribution in [0.15, 0.2) is 60.7 Å². The molecule has 3 aromatic carbocycles. The van der Waals surface area contributed by atoms with Crippen molar-refractivity contribution in [1.29, 1.82) is 0 Å². The van der Waals surface area contributed by atoms with Gasteiger partial charge in [0.05, 0.1) is 7.11 Å². The Kier molecular flexibility index (Phi) is 7.53. The van der Waals surface area contributed by atoms with Crippen molar-refractivity contribution in [1.82, 2.24) is 0 Å². The van der Waals surface area contributed by atoms with Crippen molar-refractivity contribution < 1.29 is 19.4 Å². The zero-order chi connectivity index (χ0) is 24.9. The Morgan fingerprint density at radius 2 is 1.71 bits per heavy atom. The van der Waals surface area contributed by atoms with Crippen LogP contribution in [0.4, 0.5) is 11.4 Å². The molecule has 0 radical (unpaired) electrons. The van der Waals surface area contributed by atoms with Crippen molar-refractivity contribution in [2.75, 3.05) is 25.2 Å². The van der Waals surface area contributed by atoms with Gasteiger partial charge in [-0.25, -0.2) is 4.79 Å². The molecule has 3 aromatic rings. The monoisotopic (exact) mass is 457 g/mol. The van der Waals surface area contributed by atoms with E-state index in [4.69, 9.17) is 9.84 Å².